The molecule has 3 heterocycles. The lowest BCUT2D eigenvalue weighted by atomic mass is 9.94. The average Bonchev–Trinajstić information content (AvgIpc) is 3.33. The summed E-state index contributed by atoms with van der Waals surface area (Å²) in [5.41, 5.74) is 0.769. The Hall–Kier alpha value is -3.71. The number of aliphatic hydroxyl groups excluding tert-OH is 1. The number of methoxy groups -OCH3 is 1. The molecule has 1 N–H and O–H groups in total. The number of hydrogen-bond acceptors (Lipinski definition) is 11. The quantitative estimate of drug-likeness (QED) is 0.0979. The number of ether oxygens (including phenoxy) is 6. The van der Waals surface area contributed by atoms with Crippen molar-refractivity contribution in [2.45, 2.75) is 70.7 Å². The zero-order valence-corrected chi connectivity index (χ0v) is 26.6. The smallest absolute Gasteiger partial charge is 0.342 e. The number of cyclic esters (lactones) is 1. The number of benzene rings is 1. The third-order valence-corrected chi connectivity index (χ3v) is 7.62. The van der Waals surface area contributed by atoms with Crippen LogP contribution in [0.2, 0.25) is 0 Å². The first-order valence-electron chi connectivity index (χ1n) is 15.2. The van der Waals surface area contributed by atoms with Crippen LogP contribution < -0.4 is 14.3 Å². The molecule has 1 saturated heterocycles. The molecule has 0 spiro atoms. The second-order valence-corrected chi connectivity index (χ2v) is 11.6. The summed E-state index contributed by atoms with van der Waals surface area (Å²) in [6.07, 6.45) is 8.31. The molecule has 2 aromatic rings. The van der Waals surface area contributed by atoms with Gasteiger partial charge in [0.1, 0.15) is 47.4 Å². The van der Waals surface area contributed by atoms with Crippen LogP contribution in [0.25, 0.3) is 6.08 Å². The maximum atomic E-state index is 13.6. The summed E-state index contributed by atoms with van der Waals surface area (Å²) in [6.45, 7) is 8.14. The first-order valence-corrected chi connectivity index (χ1v) is 15.2. The molecule has 1 fully saturated rings. The highest BCUT2D eigenvalue weighted by Crippen LogP contribution is 2.35. The summed E-state index contributed by atoms with van der Waals surface area (Å²) < 4.78 is 35.2. The van der Waals surface area contributed by atoms with Crippen LogP contribution in [0, 0.1) is 5.92 Å². The number of aliphatic hydroxyl groups is 1. The molecule has 0 aliphatic carbocycles. The van der Waals surface area contributed by atoms with Crippen molar-refractivity contribution < 1.29 is 43.1 Å². The van der Waals surface area contributed by atoms with Crippen molar-refractivity contribution in [3.63, 3.8) is 0 Å². The largest absolute Gasteiger partial charge is 0.493 e. The van der Waals surface area contributed by atoms with Gasteiger partial charge in [0.25, 0.3) is 0 Å². The Morgan fingerprint density at radius 1 is 1.18 bits per heavy atom. The normalized spacial score (nSPS) is 25.9. The van der Waals surface area contributed by atoms with Crippen molar-refractivity contribution >= 4 is 31.5 Å². The zero-order chi connectivity index (χ0) is 32.4. The number of carbonyl (C=O) groups excluding carboxylic acids is 2. The molecular weight excluding hydrogens is 579 g/mol. The Morgan fingerprint density at radius 3 is 2.73 bits per heavy atom. The van der Waals surface area contributed by atoms with Gasteiger partial charge in [-0.25, -0.2) is 9.78 Å². The molecule has 4 unspecified atom stereocenters. The summed E-state index contributed by atoms with van der Waals surface area (Å²) in [7, 11) is 1.71. The standard InChI is InChI=1S/C33H43BN2O9/c1-22-13-14-26(38)31-27(44-33(3,4)45-31)11-8-10-24-18-25(19-28(42-21-40-5)30(24)32(39)43-23(22)2)41-17-9-16-36(34-20-37)29-12-6-7-15-35-29/h6-8,10,12-15,18-20,22-23,26-27,31,34,38H,9,11,16-17,21H2,1-5H3/b10-8+,14-13-/t22-,23?,26?,27?,31?/m1/s1. The molecule has 0 saturated carbocycles. The number of pyridine rings is 1. The van der Waals surface area contributed by atoms with Gasteiger partial charge >= 0.3 is 13.4 Å². The minimum absolute atomic E-state index is 0.0891. The summed E-state index contributed by atoms with van der Waals surface area (Å²) >= 11 is 0. The van der Waals surface area contributed by atoms with Crippen molar-refractivity contribution in [1.29, 1.82) is 0 Å². The predicted octanol–water partition coefficient (Wildman–Crippen LogP) is 3.92. The van der Waals surface area contributed by atoms with E-state index >= 15 is 0 Å². The van der Waals surface area contributed by atoms with Crippen molar-refractivity contribution in [1.82, 2.24) is 4.98 Å². The number of nitrogens with zero attached hydrogens (tertiary/aromatic N) is 2. The molecule has 1 aromatic heterocycles. The topological polar surface area (TPSA) is 126 Å². The van der Waals surface area contributed by atoms with Crippen LogP contribution in [-0.2, 0) is 23.7 Å². The number of hydrogen-bond donors (Lipinski definition) is 1. The highest BCUT2D eigenvalue weighted by atomic mass is 16.8. The van der Waals surface area contributed by atoms with Crippen LogP contribution in [0.4, 0.5) is 5.82 Å². The van der Waals surface area contributed by atoms with Gasteiger partial charge < -0.3 is 43.1 Å². The van der Waals surface area contributed by atoms with E-state index in [4.69, 9.17) is 28.4 Å². The second-order valence-electron chi connectivity index (χ2n) is 11.6. The Balaban J connectivity index is 1.61. The van der Waals surface area contributed by atoms with Gasteiger partial charge in [-0.2, -0.15) is 0 Å². The van der Waals surface area contributed by atoms with E-state index < -0.39 is 36.2 Å². The summed E-state index contributed by atoms with van der Waals surface area (Å²) in [6, 6.07) is 8.96. The number of rotatable bonds is 11. The van der Waals surface area contributed by atoms with Crippen LogP contribution in [0.15, 0.2) is 54.8 Å². The highest BCUT2D eigenvalue weighted by Gasteiger charge is 2.43. The van der Waals surface area contributed by atoms with Crippen molar-refractivity contribution in [2.75, 3.05) is 31.9 Å². The fraction of sp³-hybridized carbons (Fsp3) is 0.485. The molecule has 1 aromatic carbocycles. The molecule has 0 radical (unpaired) electrons. The van der Waals surface area contributed by atoms with E-state index in [9.17, 15) is 14.7 Å². The van der Waals surface area contributed by atoms with E-state index in [1.165, 1.54) is 7.11 Å². The number of anilines is 1. The molecule has 2 aliphatic rings. The molecule has 2 aliphatic heterocycles. The number of fused-ring (bicyclic) bond motifs is 2. The van der Waals surface area contributed by atoms with E-state index in [1.54, 1.807) is 37.4 Å². The van der Waals surface area contributed by atoms with Crippen LogP contribution >= 0.6 is 0 Å². The Morgan fingerprint density at radius 2 is 2.00 bits per heavy atom. The molecule has 45 heavy (non-hydrogen) atoms. The number of carbonyl (C=O) groups is 2. The average molecular weight is 623 g/mol. The Bertz CT molecular complexity index is 1340. The van der Waals surface area contributed by atoms with Gasteiger partial charge in [0.2, 0.25) is 0 Å². The zero-order valence-electron chi connectivity index (χ0n) is 26.6. The lowest BCUT2D eigenvalue weighted by Crippen LogP contribution is -2.34. The number of aromatic nitrogens is 1. The second kappa shape index (κ2) is 16.0. The summed E-state index contributed by atoms with van der Waals surface area (Å²) in [4.78, 5) is 31.1. The Kier molecular flexibility index (Phi) is 12.2. The molecule has 0 amide bonds. The molecule has 12 heteroatoms. The third kappa shape index (κ3) is 9.40. The van der Waals surface area contributed by atoms with Gasteiger partial charge in [-0.05, 0) is 57.4 Å². The third-order valence-electron chi connectivity index (χ3n) is 7.62. The van der Waals surface area contributed by atoms with Gasteiger partial charge in [0.15, 0.2) is 12.6 Å². The lowest BCUT2D eigenvalue weighted by Gasteiger charge is -2.23. The van der Waals surface area contributed by atoms with E-state index in [0.29, 0.717) is 43.1 Å². The summed E-state index contributed by atoms with van der Waals surface area (Å²) in [5, 5.41) is 10.9. The maximum absolute atomic E-state index is 13.6. The highest BCUT2D eigenvalue weighted by molar-refractivity contribution is 6.70. The molecule has 0 bridgehead atoms. The molecule has 11 nitrogen and oxygen atoms in total. The SMILES string of the molecule is COCOc1cc(OCCCN(BC=O)c2ccccn2)cc2c1C(=O)OC(C)[C@H](C)/C=C\C(O)C1OC(C)(C)OC1C/C=C/2. The summed E-state index contributed by atoms with van der Waals surface area (Å²) in [5.74, 6) is -0.164. The van der Waals surface area contributed by atoms with Crippen LogP contribution in [0.5, 0.6) is 11.5 Å². The minimum Gasteiger partial charge on any atom is -0.493 e. The van der Waals surface area contributed by atoms with Gasteiger partial charge in [-0.1, -0.05) is 37.3 Å². The van der Waals surface area contributed by atoms with Gasteiger partial charge in [-0.3, -0.25) is 0 Å². The van der Waals surface area contributed by atoms with Gasteiger partial charge in [0, 0.05) is 31.8 Å². The first-order chi connectivity index (χ1) is 21.6. The maximum Gasteiger partial charge on any atom is 0.342 e. The van der Waals surface area contributed by atoms with E-state index in [1.807, 2.05) is 55.9 Å². The number of esters is 1. The van der Waals surface area contributed by atoms with Gasteiger partial charge in [-0.15, -0.1) is 0 Å². The fourth-order valence-electron chi connectivity index (χ4n) is 5.21. The van der Waals surface area contributed by atoms with Crippen LogP contribution in [0.1, 0.15) is 56.5 Å². The molecule has 5 atom stereocenters. The molecule has 4 rings (SSSR count). The van der Waals surface area contributed by atoms with E-state index in [-0.39, 0.29) is 31.4 Å². The monoisotopic (exact) mass is 622 g/mol. The van der Waals surface area contributed by atoms with Crippen LogP contribution in [-0.4, -0.2) is 86.9 Å². The Labute approximate surface area is 265 Å². The minimum atomic E-state index is -0.903. The lowest BCUT2D eigenvalue weighted by molar-refractivity contribution is -0.152. The van der Waals surface area contributed by atoms with Gasteiger partial charge in [0.05, 0.1) is 12.7 Å². The molecular formula is C33H43BN2O9. The predicted molar refractivity (Wildman–Crippen MR) is 171 cm³/mol. The molecule has 242 valence electrons. The van der Waals surface area contributed by atoms with E-state index in [0.717, 1.165) is 6.19 Å². The fourth-order valence-corrected chi connectivity index (χ4v) is 5.21. The first kappa shape index (κ1) is 34.2. The van der Waals surface area contributed by atoms with Crippen molar-refractivity contribution in [3.8, 4) is 11.5 Å². The van der Waals surface area contributed by atoms with Crippen molar-refractivity contribution in [2.24, 2.45) is 5.92 Å². The van der Waals surface area contributed by atoms with Crippen LogP contribution in [0.3, 0.4) is 0 Å². The van der Waals surface area contributed by atoms with E-state index in [2.05, 4.69) is 4.98 Å². The van der Waals surface area contributed by atoms with Crippen molar-refractivity contribution in [3.05, 3.63) is 65.9 Å².